The van der Waals surface area contributed by atoms with Crippen molar-refractivity contribution in [2.75, 3.05) is 50.8 Å². The number of hydrogen-bond acceptors (Lipinski definition) is 7. The summed E-state index contributed by atoms with van der Waals surface area (Å²) in [5, 5.41) is 0. The summed E-state index contributed by atoms with van der Waals surface area (Å²) in [5.74, 6) is 0.183. The highest BCUT2D eigenvalue weighted by Crippen LogP contribution is 2.29. The molecule has 2 fully saturated rings. The Morgan fingerprint density at radius 3 is 2.28 bits per heavy atom. The van der Waals surface area contributed by atoms with Crippen LogP contribution in [0.3, 0.4) is 0 Å². The van der Waals surface area contributed by atoms with Crippen molar-refractivity contribution in [3.05, 3.63) is 24.3 Å². The van der Waals surface area contributed by atoms with Crippen molar-refractivity contribution in [2.45, 2.75) is 65.6 Å². The zero-order valence-corrected chi connectivity index (χ0v) is 22.5. The van der Waals surface area contributed by atoms with E-state index in [1.807, 2.05) is 52.0 Å². The standard InChI is InChI=1S/C27H41N3O6/c1-7-34-23(31)20-10-9-13-30(19-20)21-11-8-12-22(18-21)35-27(5,6)24(32)28-14-16-29(17-15-28)25(33)36-26(2,3)4/h8,11-12,18,20H,7,9-10,13-17,19H2,1-6H3/t20-/m1/s1. The lowest BCUT2D eigenvalue weighted by atomic mass is 9.97. The predicted octanol–water partition coefficient (Wildman–Crippen LogP) is 3.70. The van der Waals surface area contributed by atoms with Crippen LogP contribution in [0.1, 0.15) is 54.4 Å². The molecule has 0 spiro atoms. The van der Waals surface area contributed by atoms with Gasteiger partial charge in [-0.05, 0) is 66.5 Å². The minimum atomic E-state index is -1.08. The van der Waals surface area contributed by atoms with E-state index in [0.717, 1.165) is 25.1 Å². The molecule has 0 aliphatic carbocycles. The Morgan fingerprint density at radius 2 is 1.64 bits per heavy atom. The molecule has 2 aliphatic rings. The van der Waals surface area contributed by atoms with Crippen LogP contribution in [0.15, 0.2) is 24.3 Å². The molecule has 0 bridgehead atoms. The zero-order valence-electron chi connectivity index (χ0n) is 22.5. The van der Waals surface area contributed by atoms with Crippen molar-refractivity contribution in [1.29, 1.82) is 0 Å². The van der Waals surface area contributed by atoms with Crippen LogP contribution in [-0.4, -0.2) is 84.8 Å². The fourth-order valence-electron chi connectivity index (χ4n) is 4.55. The number of anilines is 1. The molecule has 0 radical (unpaired) electrons. The van der Waals surface area contributed by atoms with E-state index < -0.39 is 11.2 Å². The molecule has 0 saturated carbocycles. The Bertz CT molecular complexity index is 934. The van der Waals surface area contributed by atoms with Gasteiger partial charge in [-0.3, -0.25) is 9.59 Å². The van der Waals surface area contributed by atoms with Crippen molar-refractivity contribution in [1.82, 2.24) is 9.80 Å². The molecule has 0 unspecified atom stereocenters. The first-order valence-corrected chi connectivity index (χ1v) is 12.9. The summed E-state index contributed by atoms with van der Waals surface area (Å²) >= 11 is 0. The predicted molar refractivity (Wildman–Crippen MR) is 137 cm³/mol. The molecule has 3 rings (SSSR count). The Hall–Kier alpha value is -2.97. The molecule has 0 N–H and O–H groups in total. The first kappa shape index (κ1) is 27.6. The van der Waals surface area contributed by atoms with E-state index >= 15 is 0 Å². The summed E-state index contributed by atoms with van der Waals surface area (Å²) in [4.78, 5) is 43.4. The Kier molecular flexibility index (Phi) is 8.74. The highest BCUT2D eigenvalue weighted by Gasteiger charge is 2.37. The van der Waals surface area contributed by atoms with Crippen LogP contribution in [0, 0.1) is 5.92 Å². The van der Waals surface area contributed by atoms with E-state index in [2.05, 4.69) is 4.90 Å². The molecule has 2 saturated heterocycles. The maximum absolute atomic E-state index is 13.3. The number of carbonyl (C=O) groups excluding carboxylic acids is 3. The number of rotatable bonds is 6. The Labute approximate surface area is 214 Å². The first-order valence-electron chi connectivity index (χ1n) is 12.9. The van der Waals surface area contributed by atoms with Crippen LogP contribution in [0.4, 0.5) is 10.5 Å². The Balaban J connectivity index is 1.59. The number of esters is 1. The fraction of sp³-hybridized carbons (Fsp3) is 0.667. The second-order valence-electron chi connectivity index (χ2n) is 10.9. The van der Waals surface area contributed by atoms with Crippen LogP contribution >= 0.6 is 0 Å². The van der Waals surface area contributed by atoms with Crippen molar-refractivity contribution >= 4 is 23.7 Å². The average Bonchev–Trinajstić information content (AvgIpc) is 2.83. The third kappa shape index (κ3) is 7.27. The molecule has 200 valence electrons. The molecular formula is C27H41N3O6. The molecule has 36 heavy (non-hydrogen) atoms. The first-order chi connectivity index (χ1) is 16.9. The van der Waals surface area contributed by atoms with Crippen LogP contribution in [0.25, 0.3) is 0 Å². The number of hydrogen-bond donors (Lipinski definition) is 0. The molecule has 1 aromatic carbocycles. The van der Waals surface area contributed by atoms with Crippen LogP contribution in [0.2, 0.25) is 0 Å². The van der Waals surface area contributed by atoms with Gasteiger partial charge in [-0.2, -0.15) is 0 Å². The van der Waals surface area contributed by atoms with Gasteiger partial charge in [0.1, 0.15) is 11.4 Å². The number of ether oxygens (including phenoxy) is 3. The highest BCUT2D eigenvalue weighted by atomic mass is 16.6. The van der Waals surface area contributed by atoms with Gasteiger partial charge in [0.15, 0.2) is 5.60 Å². The second-order valence-corrected chi connectivity index (χ2v) is 10.9. The van der Waals surface area contributed by atoms with Gasteiger partial charge in [0, 0.05) is 51.0 Å². The SMILES string of the molecule is CCOC(=O)[C@@H]1CCCN(c2cccc(OC(C)(C)C(=O)N3CCN(C(=O)OC(C)(C)C)CC3)c2)C1. The third-order valence-corrected chi connectivity index (χ3v) is 6.33. The van der Waals surface area contributed by atoms with Gasteiger partial charge >= 0.3 is 12.1 Å². The van der Waals surface area contributed by atoms with E-state index in [1.54, 1.807) is 23.6 Å². The van der Waals surface area contributed by atoms with E-state index in [-0.39, 0.29) is 23.9 Å². The van der Waals surface area contributed by atoms with Crippen molar-refractivity contribution in [2.24, 2.45) is 5.92 Å². The molecule has 1 aromatic rings. The molecule has 2 aliphatic heterocycles. The van der Waals surface area contributed by atoms with Gasteiger partial charge < -0.3 is 28.9 Å². The van der Waals surface area contributed by atoms with Gasteiger partial charge in [-0.15, -0.1) is 0 Å². The number of piperazine rings is 1. The summed E-state index contributed by atoms with van der Waals surface area (Å²) in [6.07, 6.45) is 1.38. The van der Waals surface area contributed by atoms with E-state index in [9.17, 15) is 14.4 Å². The highest BCUT2D eigenvalue weighted by molar-refractivity contribution is 5.85. The maximum atomic E-state index is 13.3. The average molecular weight is 504 g/mol. The molecule has 0 aromatic heterocycles. The molecule has 2 amide bonds. The van der Waals surface area contributed by atoms with Crippen molar-refractivity contribution in [3.63, 3.8) is 0 Å². The lowest BCUT2D eigenvalue weighted by Gasteiger charge is -2.39. The Morgan fingerprint density at radius 1 is 0.972 bits per heavy atom. The molecular weight excluding hydrogens is 462 g/mol. The number of piperidine rings is 1. The summed E-state index contributed by atoms with van der Waals surface area (Å²) in [7, 11) is 0. The molecule has 9 nitrogen and oxygen atoms in total. The number of amides is 2. The van der Waals surface area contributed by atoms with E-state index in [1.165, 1.54) is 0 Å². The van der Waals surface area contributed by atoms with Gasteiger partial charge in [-0.25, -0.2) is 4.79 Å². The van der Waals surface area contributed by atoms with E-state index in [4.69, 9.17) is 14.2 Å². The minimum Gasteiger partial charge on any atom is -0.478 e. The fourth-order valence-corrected chi connectivity index (χ4v) is 4.55. The largest absolute Gasteiger partial charge is 0.478 e. The van der Waals surface area contributed by atoms with Gasteiger partial charge in [0.2, 0.25) is 0 Å². The monoisotopic (exact) mass is 503 g/mol. The summed E-state index contributed by atoms with van der Waals surface area (Å²) in [5.41, 5.74) is -0.680. The number of benzene rings is 1. The zero-order chi connectivity index (χ0) is 26.5. The third-order valence-electron chi connectivity index (χ3n) is 6.33. The topological polar surface area (TPSA) is 88.6 Å². The minimum absolute atomic E-state index is 0.128. The van der Waals surface area contributed by atoms with Crippen LogP contribution < -0.4 is 9.64 Å². The molecule has 1 atom stereocenters. The number of nitrogens with zero attached hydrogens (tertiary/aromatic N) is 3. The van der Waals surface area contributed by atoms with Crippen LogP contribution in [0.5, 0.6) is 5.75 Å². The second kappa shape index (κ2) is 11.4. The quantitative estimate of drug-likeness (QED) is 0.547. The van der Waals surface area contributed by atoms with Gasteiger partial charge in [0.25, 0.3) is 5.91 Å². The summed E-state index contributed by atoms with van der Waals surface area (Å²) in [6.45, 7) is 14.4. The van der Waals surface area contributed by atoms with E-state index in [0.29, 0.717) is 45.1 Å². The summed E-state index contributed by atoms with van der Waals surface area (Å²) in [6, 6.07) is 7.65. The van der Waals surface area contributed by atoms with Gasteiger partial charge in [-0.1, -0.05) is 6.07 Å². The van der Waals surface area contributed by atoms with Crippen LogP contribution in [-0.2, 0) is 19.1 Å². The lowest BCUT2D eigenvalue weighted by Crippen LogP contribution is -2.57. The lowest BCUT2D eigenvalue weighted by molar-refractivity contribution is -0.148. The molecule has 2 heterocycles. The summed E-state index contributed by atoms with van der Waals surface area (Å²) < 4.78 is 16.8. The maximum Gasteiger partial charge on any atom is 0.410 e. The molecule has 9 heteroatoms. The van der Waals surface area contributed by atoms with Crippen molar-refractivity contribution < 1.29 is 28.6 Å². The number of carbonyl (C=O) groups is 3. The normalized spacial score (nSPS) is 19.1. The smallest absolute Gasteiger partial charge is 0.410 e. The van der Waals surface area contributed by atoms with Gasteiger partial charge in [0.05, 0.1) is 12.5 Å². The van der Waals surface area contributed by atoms with Crippen molar-refractivity contribution in [3.8, 4) is 5.75 Å².